The van der Waals surface area contributed by atoms with Gasteiger partial charge in [0.25, 0.3) is 0 Å². The van der Waals surface area contributed by atoms with Gasteiger partial charge in [-0.3, -0.25) is 0 Å². The Labute approximate surface area is 93.9 Å². The number of aliphatic carboxylic acids is 1. The summed E-state index contributed by atoms with van der Waals surface area (Å²) in [6.07, 6.45) is 1.35. The van der Waals surface area contributed by atoms with E-state index >= 15 is 0 Å². The molecule has 0 aromatic carbocycles. The maximum atomic E-state index is 10.8. The summed E-state index contributed by atoms with van der Waals surface area (Å²) < 4.78 is 1.47. The molecule has 0 aliphatic rings. The second-order valence-corrected chi connectivity index (χ2v) is 3.89. The average molecular weight is 227 g/mol. The Balaban J connectivity index is 2.95. The highest BCUT2D eigenvalue weighted by Crippen LogP contribution is 2.10. The first-order chi connectivity index (χ1) is 7.40. The van der Waals surface area contributed by atoms with Gasteiger partial charge in [0.1, 0.15) is 5.82 Å². The van der Waals surface area contributed by atoms with Crippen LogP contribution in [0.3, 0.4) is 0 Å². The third-order valence-electron chi connectivity index (χ3n) is 2.34. The zero-order chi connectivity index (χ0) is 12.3. The van der Waals surface area contributed by atoms with E-state index in [9.17, 15) is 9.90 Å². The molecule has 6 heteroatoms. The van der Waals surface area contributed by atoms with Crippen LogP contribution in [-0.2, 0) is 24.2 Å². The van der Waals surface area contributed by atoms with Crippen LogP contribution in [0.15, 0.2) is 0 Å². The second-order valence-electron chi connectivity index (χ2n) is 3.89. The van der Waals surface area contributed by atoms with Gasteiger partial charge in [-0.2, -0.15) is 5.10 Å². The van der Waals surface area contributed by atoms with Crippen LogP contribution >= 0.6 is 0 Å². The fraction of sp³-hybridized carbons (Fsp3) is 0.700. The smallest absolute Gasteiger partial charge is 0.337 e. The number of hydrogen-bond donors (Lipinski definition) is 2. The Hall–Kier alpha value is -1.43. The van der Waals surface area contributed by atoms with Gasteiger partial charge < -0.3 is 10.2 Å². The zero-order valence-electron chi connectivity index (χ0n) is 9.77. The Bertz CT molecular complexity index is 385. The predicted octanol–water partition coefficient (Wildman–Crippen LogP) is 0.238. The first kappa shape index (κ1) is 12.6. The molecular formula is C10H17N3O3. The van der Waals surface area contributed by atoms with E-state index in [1.54, 1.807) is 0 Å². The lowest BCUT2D eigenvalue weighted by atomic mass is 10.1. The quantitative estimate of drug-likeness (QED) is 0.752. The molecule has 6 nitrogen and oxygen atoms in total. The molecule has 1 unspecified atom stereocenters. The molecule has 2 N–H and O–H groups in total. The molecule has 0 aliphatic heterocycles. The van der Waals surface area contributed by atoms with Crippen molar-refractivity contribution in [1.29, 1.82) is 0 Å². The molecule has 1 aromatic rings. The van der Waals surface area contributed by atoms with Crippen LogP contribution in [0.25, 0.3) is 0 Å². The van der Waals surface area contributed by atoms with Crippen molar-refractivity contribution in [3.05, 3.63) is 11.6 Å². The number of carboxylic acid groups (broad SMARTS) is 1. The third-order valence-corrected chi connectivity index (χ3v) is 2.34. The molecular weight excluding hydrogens is 210 g/mol. The molecule has 0 saturated carbocycles. The number of aliphatic hydroxyl groups is 1. The Morgan fingerprint density at radius 1 is 1.44 bits per heavy atom. The minimum Gasteiger partial charge on any atom is -0.479 e. The van der Waals surface area contributed by atoms with Crippen LogP contribution in [-0.4, -0.2) is 36.5 Å². The van der Waals surface area contributed by atoms with Gasteiger partial charge in [-0.25, -0.2) is 14.5 Å². The minimum absolute atomic E-state index is 0.0848. The summed E-state index contributed by atoms with van der Waals surface area (Å²) >= 11 is 0. The van der Waals surface area contributed by atoms with Gasteiger partial charge in [0.05, 0.1) is 6.54 Å². The summed E-state index contributed by atoms with van der Waals surface area (Å²) in [7, 11) is 0. The van der Waals surface area contributed by atoms with Crippen LogP contribution < -0.4 is 0 Å². The van der Waals surface area contributed by atoms with E-state index in [1.165, 1.54) is 11.6 Å². The van der Waals surface area contributed by atoms with Crippen LogP contribution in [0.2, 0.25) is 0 Å². The van der Waals surface area contributed by atoms with Crippen molar-refractivity contribution in [2.45, 2.75) is 45.8 Å². The molecule has 1 aromatic heterocycles. The molecule has 0 bridgehead atoms. The SMILES string of the molecule is CCc1nc(CC)n(CC(C)(O)C(=O)O)n1. The molecule has 1 atom stereocenters. The molecule has 1 rings (SSSR count). The largest absolute Gasteiger partial charge is 0.479 e. The second kappa shape index (κ2) is 4.61. The van der Waals surface area contributed by atoms with Crippen molar-refractivity contribution in [3.8, 4) is 0 Å². The van der Waals surface area contributed by atoms with Gasteiger partial charge in [-0.15, -0.1) is 0 Å². The van der Waals surface area contributed by atoms with Crippen molar-refractivity contribution < 1.29 is 15.0 Å². The van der Waals surface area contributed by atoms with E-state index in [4.69, 9.17) is 5.11 Å². The van der Waals surface area contributed by atoms with Gasteiger partial charge in [-0.05, 0) is 6.92 Å². The summed E-state index contributed by atoms with van der Waals surface area (Å²) in [5.41, 5.74) is -1.82. The van der Waals surface area contributed by atoms with E-state index in [0.29, 0.717) is 24.5 Å². The summed E-state index contributed by atoms with van der Waals surface area (Å²) in [4.78, 5) is 15.0. The summed E-state index contributed by atoms with van der Waals surface area (Å²) in [5, 5.41) is 22.6. The van der Waals surface area contributed by atoms with Crippen molar-refractivity contribution in [2.24, 2.45) is 0 Å². The highest BCUT2D eigenvalue weighted by atomic mass is 16.4. The van der Waals surface area contributed by atoms with E-state index in [2.05, 4.69) is 10.1 Å². The average Bonchev–Trinajstić information content (AvgIpc) is 2.59. The fourth-order valence-electron chi connectivity index (χ4n) is 1.32. The standard InChI is InChI=1S/C10H17N3O3/c1-4-7-11-8(5-2)13(12-7)6-10(3,16)9(14)15/h16H,4-6H2,1-3H3,(H,14,15). The third kappa shape index (κ3) is 2.57. The van der Waals surface area contributed by atoms with Gasteiger partial charge >= 0.3 is 5.97 Å². The van der Waals surface area contributed by atoms with Crippen molar-refractivity contribution in [2.75, 3.05) is 0 Å². The number of aryl methyl sites for hydroxylation is 2. The minimum atomic E-state index is -1.82. The fourth-order valence-corrected chi connectivity index (χ4v) is 1.32. The first-order valence-electron chi connectivity index (χ1n) is 5.29. The predicted molar refractivity (Wildman–Crippen MR) is 57.0 cm³/mol. The number of hydrogen-bond acceptors (Lipinski definition) is 4. The number of aromatic nitrogens is 3. The summed E-state index contributed by atoms with van der Waals surface area (Å²) in [6.45, 7) is 5.00. The van der Waals surface area contributed by atoms with Crippen LogP contribution in [0.4, 0.5) is 0 Å². The summed E-state index contributed by atoms with van der Waals surface area (Å²) in [6, 6.07) is 0. The van der Waals surface area contributed by atoms with E-state index in [0.717, 1.165) is 0 Å². The topological polar surface area (TPSA) is 88.2 Å². The Morgan fingerprint density at radius 2 is 2.06 bits per heavy atom. The molecule has 0 saturated heterocycles. The molecule has 0 amide bonds. The molecule has 90 valence electrons. The van der Waals surface area contributed by atoms with Crippen molar-refractivity contribution >= 4 is 5.97 Å². The highest BCUT2D eigenvalue weighted by Gasteiger charge is 2.31. The van der Waals surface area contributed by atoms with Gasteiger partial charge in [0.2, 0.25) is 0 Å². The van der Waals surface area contributed by atoms with E-state index in [1.807, 2.05) is 13.8 Å². The van der Waals surface area contributed by atoms with E-state index < -0.39 is 11.6 Å². The number of nitrogens with zero attached hydrogens (tertiary/aromatic N) is 3. The lowest BCUT2D eigenvalue weighted by Gasteiger charge is -2.18. The maximum absolute atomic E-state index is 10.8. The normalized spacial score (nSPS) is 14.8. The Morgan fingerprint density at radius 3 is 2.50 bits per heavy atom. The highest BCUT2D eigenvalue weighted by molar-refractivity contribution is 5.76. The number of rotatable bonds is 5. The maximum Gasteiger partial charge on any atom is 0.337 e. The van der Waals surface area contributed by atoms with Gasteiger partial charge in [-0.1, -0.05) is 13.8 Å². The van der Waals surface area contributed by atoms with Gasteiger partial charge in [0, 0.05) is 12.8 Å². The Kier molecular flexibility index (Phi) is 3.64. The lowest BCUT2D eigenvalue weighted by Crippen LogP contribution is -2.40. The van der Waals surface area contributed by atoms with Crippen LogP contribution in [0, 0.1) is 0 Å². The van der Waals surface area contributed by atoms with Crippen molar-refractivity contribution in [1.82, 2.24) is 14.8 Å². The number of carbonyl (C=O) groups is 1. The molecule has 1 heterocycles. The summed E-state index contributed by atoms with van der Waals surface area (Å²) in [5.74, 6) is 0.0968. The van der Waals surface area contributed by atoms with Gasteiger partial charge in [0.15, 0.2) is 11.4 Å². The molecule has 16 heavy (non-hydrogen) atoms. The molecule has 0 fully saturated rings. The molecule has 0 aliphatic carbocycles. The van der Waals surface area contributed by atoms with Crippen LogP contribution in [0.5, 0.6) is 0 Å². The molecule has 0 spiro atoms. The van der Waals surface area contributed by atoms with Crippen molar-refractivity contribution in [3.63, 3.8) is 0 Å². The number of carboxylic acids is 1. The van der Waals surface area contributed by atoms with Crippen LogP contribution in [0.1, 0.15) is 32.4 Å². The van der Waals surface area contributed by atoms with E-state index in [-0.39, 0.29) is 6.54 Å². The monoisotopic (exact) mass is 227 g/mol. The zero-order valence-corrected chi connectivity index (χ0v) is 9.77. The first-order valence-corrected chi connectivity index (χ1v) is 5.29. The lowest BCUT2D eigenvalue weighted by molar-refractivity contribution is -0.158. The molecule has 0 radical (unpaired) electrons.